The average molecular weight is 326 g/mol. The van der Waals surface area contributed by atoms with Crippen LogP contribution < -0.4 is 14.8 Å². The van der Waals surface area contributed by atoms with E-state index >= 15 is 0 Å². The lowest BCUT2D eigenvalue weighted by Crippen LogP contribution is -2.33. The zero-order valence-electron chi connectivity index (χ0n) is 13.3. The first-order valence-electron chi connectivity index (χ1n) is 7.94. The van der Waals surface area contributed by atoms with Crippen LogP contribution in [0.3, 0.4) is 0 Å². The Labute approximate surface area is 133 Å². The lowest BCUT2D eigenvalue weighted by molar-refractivity contribution is 0.242. The molecule has 5 nitrogen and oxygen atoms in total. The first-order chi connectivity index (χ1) is 10.5. The van der Waals surface area contributed by atoms with Gasteiger partial charge in [-0.1, -0.05) is 0 Å². The molecule has 1 aliphatic rings. The van der Waals surface area contributed by atoms with Crippen LogP contribution in [0.25, 0.3) is 0 Å². The number of sulfonamides is 1. The van der Waals surface area contributed by atoms with Gasteiger partial charge in [0.2, 0.25) is 10.0 Å². The van der Waals surface area contributed by atoms with Crippen LogP contribution in [0.4, 0.5) is 0 Å². The molecule has 1 saturated heterocycles. The van der Waals surface area contributed by atoms with E-state index in [4.69, 9.17) is 4.74 Å². The third kappa shape index (κ3) is 5.26. The lowest BCUT2D eigenvalue weighted by atomic mass is 9.96. The van der Waals surface area contributed by atoms with Gasteiger partial charge in [0.1, 0.15) is 5.75 Å². The van der Waals surface area contributed by atoms with Gasteiger partial charge in [-0.15, -0.1) is 0 Å². The molecule has 6 heteroatoms. The van der Waals surface area contributed by atoms with Crippen LogP contribution in [0.5, 0.6) is 5.75 Å². The summed E-state index contributed by atoms with van der Waals surface area (Å²) in [6, 6.07) is 6.56. The minimum absolute atomic E-state index is 0.0738. The maximum Gasteiger partial charge on any atom is 0.240 e. The van der Waals surface area contributed by atoms with Crippen LogP contribution >= 0.6 is 0 Å². The van der Waals surface area contributed by atoms with Crippen molar-refractivity contribution in [2.45, 2.75) is 44.1 Å². The molecule has 1 aromatic rings. The minimum Gasteiger partial charge on any atom is -0.491 e. The Bertz CT molecular complexity index is 549. The summed E-state index contributed by atoms with van der Waals surface area (Å²) in [6.45, 7) is 6.42. The van der Waals surface area contributed by atoms with Crippen LogP contribution in [0.2, 0.25) is 0 Å². The van der Waals surface area contributed by atoms with Gasteiger partial charge in [-0.05, 0) is 76.4 Å². The molecule has 0 radical (unpaired) electrons. The van der Waals surface area contributed by atoms with Gasteiger partial charge in [-0.25, -0.2) is 13.1 Å². The Balaban J connectivity index is 1.86. The standard InChI is InChI=1S/C16H26N2O3S/c1-13(2)21-15-5-7-16(8-6-15)22(19,20)18-11-9-14-4-3-10-17-12-14/h5-8,13-14,17-18H,3-4,9-12H2,1-2H3. The highest BCUT2D eigenvalue weighted by Crippen LogP contribution is 2.18. The SMILES string of the molecule is CC(C)Oc1ccc(S(=O)(=O)NCCC2CCCNC2)cc1. The maximum atomic E-state index is 12.2. The van der Waals surface area contributed by atoms with Gasteiger partial charge in [0.25, 0.3) is 0 Å². The Kier molecular flexibility index (Phi) is 6.23. The van der Waals surface area contributed by atoms with Gasteiger partial charge in [0.05, 0.1) is 11.0 Å². The molecule has 0 amide bonds. The Morgan fingerprint density at radius 2 is 2.05 bits per heavy atom. The molecule has 1 atom stereocenters. The number of ether oxygens (including phenoxy) is 1. The second kappa shape index (κ2) is 7.94. The molecular weight excluding hydrogens is 300 g/mol. The van der Waals surface area contributed by atoms with Crippen molar-refractivity contribution < 1.29 is 13.2 Å². The number of hydrogen-bond acceptors (Lipinski definition) is 4. The van der Waals surface area contributed by atoms with Gasteiger partial charge >= 0.3 is 0 Å². The van der Waals surface area contributed by atoms with Gasteiger partial charge in [-0.3, -0.25) is 0 Å². The molecule has 0 spiro atoms. The number of hydrogen-bond donors (Lipinski definition) is 2. The van der Waals surface area contributed by atoms with Gasteiger partial charge in [0, 0.05) is 6.54 Å². The van der Waals surface area contributed by atoms with Gasteiger partial charge in [0.15, 0.2) is 0 Å². The number of benzene rings is 1. The fraction of sp³-hybridized carbons (Fsp3) is 0.625. The van der Waals surface area contributed by atoms with Gasteiger partial charge in [-0.2, -0.15) is 0 Å². The first-order valence-corrected chi connectivity index (χ1v) is 9.43. The van der Waals surface area contributed by atoms with Crippen molar-refractivity contribution in [2.24, 2.45) is 5.92 Å². The van der Waals surface area contributed by atoms with Crippen molar-refractivity contribution in [3.8, 4) is 5.75 Å². The van der Waals surface area contributed by atoms with E-state index in [0.29, 0.717) is 18.2 Å². The largest absolute Gasteiger partial charge is 0.491 e. The predicted octanol–water partition coefficient (Wildman–Crippen LogP) is 2.14. The van der Waals surface area contributed by atoms with Crippen molar-refractivity contribution in [2.75, 3.05) is 19.6 Å². The Hall–Kier alpha value is -1.11. The van der Waals surface area contributed by atoms with E-state index < -0.39 is 10.0 Å². The van der Waals surface area contributed by atoms with E-state index in [1.165, 1.54) is 12.8 Å². The van der Waals surface area contributed by atoms with Crippen LogP contribution in [0.1, 0.15) is 33.1 Å². The quantitative estimate of drug-likeness (QED) is 0.805. The van der Waals surface area contributed by atoms with Gasteiger partial charge < -0.3 is 10.1 Å². The summed E-state index contributed by atoms with van der Waals surface area (Å²) in [5.41, 5.74) is 0. The Morgan fingerprint density at radius 3 is 2.64 bits per heavy atom. The summed E-state index contributed by atoms with van der Waals surface area (Å²) in [4.78, 5) is 0.283. The van der Waals surface area contributed by atoms with Crippen molar-refractivity contribution >= 4 is 10.0 Å². The number of rotatable bonds is 7. The molecule has 1 fully saturated rings. The highest BCUT2D eigenvalue weighted by atomic mass is 32.2. The van der Waals surface area contributed by atoms with E-state index in [-0.39, 0.29) is 11.0 Å². The number of piperidine rings is 1. The second-order valence-electron chi connectivity index (χ2n) is 6.04. The average Bonchev–Trinajstić information content (AvgIpc) is 2.48. The minimum atomic E-state index is -3.43. The normalized spacial score (nSPS) is 19.3. The summed E-state index contributed by atoms with van der Waals surface area (Å²) in [5.74, 6) is 1.25. The summed E-state index contributed by atoms with van der Waals surface area (Å²) < 4.78 is 32.7. The molecule has 2 N–H and O–H groups in total. The monoisotopic (exact) mass is 326 g/mol. The van der Waals surface area contributed by atoms with E-state index in [0.717, 1.165) is 19.5 Å². The molecule has 1 heterocycles. The molecular formula is C16H26N2O3S. The topological polar surface area (TPSA) is 67.4 Å². The van der Waals surface area contributed by atoms with E-state index in [1.807, 2.05) is 13.8 Å². The molecule has 0 aliphatic carbocycles. The number of nitrogens with one attached hydrogen (secondary N) is 2. The highest BCUT2D eigenvalue weighted by Gasteiger charge is 2.16. The summed E-state index contributed by atoms with van der Waals surface area (Å²) in [7, 11) is -3.43. The zero-order valence-corrected chi connectivity index (χ0v) is 14.2. The van der Waals surface area contributed by atoms with Crippen molar-refractivity contribution in [3.63, 3.8) is 0 Å². The smallest absolute Gasteiger partial charge is 0.240 e. The molecule has 0 saturated carbocycles. The maximum absolute atomic E-state index is 12.2. The highest BCUT2D eigenvalue weighted by molar-refractivity contribution is 7.89. The Morgan fingerprint density at radius 1 is 1.32 bits per heavy atom. The van der Waals surface area contributed by atoms with E-state index in [9.17, 15) is 8.42 Å². The molecule has 0 bridgehead atoms. The third-order valence-electron chi connectivity index (χ3n) is 3.75. The molecule has 2 rings (SSSR count). The van der Waals surface area contributed by atoms with Crippen LogP contribution in [0.15, 0.2) is 29.2 Å². The zero-order chi connectivity index (χ0) is 16.0. The van der Waals surface area contributed by atoms with Crippen molar-refractivity contribution in [1.82, 2.24) is 10.0 Å². The van der Waals surface area contributed by atoms with Crippen LogP contribution in [-0.2, 0) is 10.0 Å². The lowest BCUT2D eigenvalue weighted by Gasteiger charge is -2.22. The molecule has 1 aromatic carbocycles. The third-order valence-corrected chi connectivity index (χ3v) is 5.23. The van der Waals surface area contributed by atoms with Crippen molar-refractivity contribution in [1.29, 1.82) is 0 Å². The fourth-order valence-electron chi connectivity index (χ4n) is 2.62. The summed E-state index contributed by atoms with van der Waals surface area (Å²) >= 11 is 0. The molecule has 22 heavy (non-hydrogen) atoms. The molecule has 0 aromatic heterocycles. The molecule has 1 aliphatic heterocycles. The van der Waals surface area contributed by atoms with Crippen LogP contribution in [0, 0.1) is 5.92 Å². The van der Waals surface area contributed by atoms with Crippen LogP contribution in [-0.4, -0.2) is 34.2 Å². The first kappa shape index (κ1) is 17.2. The second-order valence-corrected chi connectivity index (χ2v) is 7.80. The molecule has 1 unspecified atom stereocenters. The van der Waals surface area contributed by atoms with E-state index in [1.54, 1.807) is 24.3 Å². The van der Waals surface area contributed by atoms with E-state index in [2.05, 4.69) is 10.0 Å². The summed E-state index contributed by atoms with van der Waals surface area (Å²) in [6.07, 6.45) is 3.30. The fourth-order valence-corrected chi connectivity index (χ4v) is 3.67. The summed E-state index contributed by atoms with van der Waals surface area (Å²) in [5, 5.41) is 3.34. The van der Waals surface area contributed by atoms with Crippen molar-refractivity contribution in [3.05, 3.63) is 24.3 Å². The molecule has 124 valence electrons. The predicted molar refractivity (Wildman–Crippen MR) is 87.6 cm³/mol.